The number of aromatic nitrogens is 4. The highest BCUT2D eigenvalue weighted by Gasteiger charge is 2.30. The van der Waals surface area contributed by atoms with E-state index in [1.807, 2.05) is 24.0 Å². The largest absolute Gasteiger partial charge is 0.351 e. The quantitative estimate of drug-likeness (QED) is 0.593. The number of benzene rings is 1. The van der Waals surface area contributed by atoms with Crippen molar-refractivity contribution >= 4 is 28.0 Å². The molecule has 6 nitrogen and oxygen atoms in total. The Labute approximate surface area is 154 Å². The van der Waals surface area contributed by atoms with E-state index in [9.17, 15) is 9.18 Å². The lowest BCUT2D eigenvalue weighted by Crippen LogP contribution is -2.29. The standard InChI is InChI=1S/C20H18FN5O/c1-12-23-17-3-2-7-22-19(17)26(12)15-6-8-25(11-15)20(27)18-10-13-9-14(21)4-5-16(13)24-18/h2-5,7,9-10,15,24H,6,8,11H2,1H3. The lowest BCUT2D eigenvalue weighted by molar-refractivity contribution is 0.0783. The number of hydrogen-bond acceptors (Lipinski definition) is 3. The zero-order chi connectivity index (χ0) is 18.5. The number of nitrogens with zero attached hydrogens (tertiary/aromatic N) is 4. The van der Waals surface area contributed by atoms with Gasteiger partial charge in [0.1, 0.15) is 22.9 Å². The van der Waals surface area contributed by atoms with E-state index >= 15 is 0 Å². The third-order valence-electron chi connectivity index (χ3n) is 5.25. The van der Waals surface area contributed by atoms with Crippen LogP contribution in [0.25, 0.3) is 22.1 Å². The second kappa shape index (κ2) is 5.90. The number of aromatic amines is 1. The van der Waals surface area contributed by atoms with Crippen LogP contribution in [-0.2, 0) is 0 Å². The fourth-order valence-corrected chi connectivity index (χ4v) is 4.01. The van der Waals surface area contributed by atoms with Crippen molar-refractivity contribution in [3.63, 3.8) is 0 Å². The van der Waals surface area contributed by atoms with Gasteiger partial charge in [0.05, 0.1) is 6.04 Å². The Morgan fingerprint density at radius 3 is 3.07 bits per heavy atom. The summed E-state index contributed by atoms with van der Waals surface area (Å²) in [7, 11) is 0. The van der Waals surface area contributed by atoms with Crippen molar-refractivity contribution in [3.05, 3.63) is 59.9 Å². The number of carbonyl (C=O) groups is 1. The van der Waals surface area contributed by atoms with Gasteiger partial charge in [0, 0.05) is 30.2 Å². The monoisotopic (exact) mass is 363 g/mol. The molecule has 27 heavy (non-hydrogen) atoms. The first-order valence-electron chi connectivity index (χ1n) is 8.97. The molecule has 1 aromatic carbocycles. The van der Waals surface area contributed by atoms with Gasteiger partial charge in [-0.2, -0.15) is 0 Å². The molecule has 3 aromatic heterocycles. The highest BCUT2D eigenvalue weighted by Crippen LogP contribution is 2.28. The molecule has 0 spiro atoms. The molecule has 0 radical (unpaired) electrons. The summed E-state index contributed by atoms with van der Waals surface area (Å²) >= 11 is 0. The number of likely N-dealkylation sites (tertiary alicyclic amines) is 1. The van der Waals surface area contributed by atoms with E-state index in [0.717, 1.165) is 28.9 Å². The number of carbonyl (C=O) groups excluding carboxylic acids is 1. The first kappa shape index (κ1) is 16.0. The maximum absolute atomic E-state index is 13.4. The number of pyridine rings is 1. The van der Waals surface area contributed by atoms with Crippen LogP contribution in [0.15, 0.2) is 42.6 Å². The van der Waals surface area contributed by atoms with Gasteiger partial charge in [-0.3, -0.25) is 4.79 Å². The second-order valence-corrected chi connectivity index (χ2v) is 6.98. The molecule has 1 amide bonds. The molecule has 1 atom stereocenters. The van der Waals surface area contributed by atoms with Crippen LogP contribution in [0.1, 0.15) is 28.8 Å². The van der Waals surface area contributed by atoms with E-state index in [-0.39, 0.29) is 17.8 Å². The molecule has 4 aromatic rings. The van der Waals surface area contributed by atoms with Crippen molar-refractivity contribution in [1.29, 1.82) is 0 Å². The first-order valence-corrected chi connectivity index (χ1v) is 8.97. The predicted octanol–water partition coefficient (Wildman–Crippen LogP) is 3.45. The lowest BCUT2D eigenvalue weighted by Gasteiger charge is -2.17. The molecule has 136 valence electrons. The Morgan fingerprint density at radius 1 is 1.30 bits per heavy atom. The molecule has 4 heterocycles. The minimum absolute atomic E-state index is 0.0656. The lowest BCUT2D eigenvalue weighted by atomic mass is 10.2. The van der Waals surface area contributed by atoms with Crippen LogP contribution in [-0.4, -0.2) is 43.4 Å². The molecular formula is C20H18FN5O. The summed E-state index contributed by atoms with van der Waals surface area (Å²) in [6, 6.07) is 10.2. The van der Waals surface area contributed by atoms with E-state index in [1.165, 1.54) is 12.1 Å². The van der Waals surface area contributed by atoms with Crippen molar-refractivity contribution in [3.8, 4) is 0 Å². The molecule has 1 fully saturated rings. The van der Waals surface area contributed by atoms with Crippen LogP contribution in [0.4, 0.5) is 4.39 Å². The third kappa shape index (κ3) is 2.58. The maximum atomic E-state index is 13.4. The molecule has 7 heteroatoms. The van der Waals surface area contributed by atoms with E-state index in [0.29, 0.717) is 24.2 Å². The van der Waals surface area contributed by atoms with E-state index < -0.39 is 0 Å². The summed E-state index contributed by atoms with van der Waals surface area (Å²) < 4.78 is 15.5. The number of nitrogens with one attached hydrogen (secondary N) is 1. The summed E-state index contributed by atoms with van der Waals surface area (Å²) in [5.41, 5.74) is 2.98. The zero-order valence-corrected chi connectivity index (χ0v) is 14.8. The van der Waals surface area contributed by atoms with E-state index in [4.69, 9.17) is 0 Å². The molecule has 1 saturated heterocycles. The fourth-order valence-electron chi connectivity index (χ4n) is 4.01. The van der Waals surface area contributed by atoms with E-state index in [1.54, 1.807) is 18.3 Å². The van der Waals surface area contributed by atoms with Gasteiger partial charge in [-0.05, 0) is 49.7 Å². The molecule has 0 aliphatic carbocycles. The summed E-state index contributed by atoms with van der Waals surface area (Å²) in [6.07, 6.45) is 2.62. The molecular weight excluding hydrogens is 345 g/mol. The molecule has 0 bridgehead atoms. The summed E-state index contributed by atoms with van der Waals surface area (Å²) in [4.78, 5) is 26.9. The number of halogens is 1. The van der Waals surface area contributed by atoms with Crippen LogP contribution in [0.2, 0.25) is 0 Å². The minimum Gasteiger partial charge on any atom is -0.351 e. The van der Waals surface area contributed by atoms with Crippen LogP contribution in [0.5, 0.6) is 0 Å². The van der Waals surface area contributed by atoms with Gasteiger partial charge in [-0.25, -0.2) is 14.4 Å². The molecule has 5 rings (SSSR count). The summed E-state index contributed by atoms with van der Waals surface area (Å²) in [5.74, 6) is 0.532. The van der Waals surface area contributed by atoms with Crippen molar-refractivity contribution in [2.24, 2.45) is 0 Å². The molecule has 1 unspecified atom stereocenters. The van der Waals surface area contributed by atoms with Crippen LogP contribution in [0.3, 0.4) is 0 Å². The SMILES string of the molecule is Cc1nc2cccnc2n1C1CCN(C(=O)c2cc3cc(F)ccc3[nH]2)C1. The normalized spacial score (nSPS) is 17.3. The first-order chi connectivity index (χ1) is 13.1. The molecule has 1 aliphatic rings. The van der Waals surface area contributed by atoms with Crippen molar-refractivity contribution in [2.75, 3.05) is 13.1 Å². The van der Waals surface area contributed by atoms with Crippen molar-refractivity contribution in [2.45, 2.75) is 19.4 Å². The van der Waals surface area contributed by atoms with Gasteiger partial charge in [-0.15, -0.1) is 0 Å². The van der Waals surface area contributed by atoms with Crippen LogP contribution >= 0.6 is 0 Å². The average Bonchev–Trinajstić information content (AvgIpc) is 3.36. The summed E-state index contributed by atoms with van der Waals surface area (Å²) in [6.45, 7) is 3.24. The minimum atomic E-state index is -0.309. The van der Waals surface area contributed by atoms with Gasteiger partial charge in [0.25, 0.3) is 5.91 Å². The highest BCUT2D eigenvalue weighted by atomic mass is 19.1. The number of hydrogen-bond donors (Lipinski definition) is 1. The number of imidazole rings is 1. The van der Waals surface area contributed by atoms with Crippen LogP contribution < -0.4 is 0 Å². The number of rotatable bonds is 2. The summed E-state index contributed by atoms with van der Waals surface area (Å²) in [5, 5.41) is 0.703. The Balaban J connectivity index is 1.42. The Bertz CT molecular complexity index is 1180. The van der Waals surface area contributed by atoms with E-state index in [2.05, 4.69) is 19.5 Å². The molecule has 1 N–H and O–H groups in total. The topological polar surface area (TPSA) is 66.8 Å². The number of H-pyrrole nitrogens is 1. The second-order valence-electron chi connectivity index (χ2n) is 6.98. The number of aryl methyl sites for hydroxylation is 1. The van der Waals surface area contributed by atoms with Crippen LogP contribution in [0, 0.1) is 12.7 Å². The van der Waals surface area contributed by atoms with Gasteiger partial charge in [-0.1, -0.05) is 0 Å². The maximum Gasteiger partial charge on any atom is 0.270 e. The highest BCUT2D eigenvalue weighted by molar-refractivity contribution is 5.98. The Morgan fingerprint density at radius 2 is 2.19 bits per heavy atom. The number of amides is 1. The number of fused-ring (bicyclic) bond motifs is 2. The van der Waals surface area contributed by atoms with Crippen molar-refractivity contribution in [1.82, 2.24) is 24.4 Å². The van der Waals surface area contributed by atoms with Gasteiger partial charge < -0.3 is 14.5 Å². The molecule has 1 aliphatic heterocycles. The predicted molar refractivity (Wildman–Crippen MR) is 100 cm³/mol. The van der Waals surface area contributed by atoms with Gasteiger partial charge in [0.2, 0.25) is 0 Å². The Kier molecular flexibility index (Phi) is 3.50. The van der Waals surface area contributed by atoms with Crippen molar-refractivity contribution < 1.29 is 9.18 Å². The Hall–Kier alpha value is -3.22. The van der Waals surface area contributed by atoms with Gasteiger partial charge in [0.15, 0.2) is 5.65 Å². The fraction of sp³-hybridized carbons (Fsp3) is 0.250. The smallest absolute Gasteiger partial charge is 0.270 e. The third-order valence-corrected chi connectivity index (χ3v) is 5.25. The zero-order valence-electron chi connectivity index (χ0n) is 14.8. The molecule has 0 saturated carbocycles. The average molecular weight is 363 g/mol. The van der Waals surface area contributed by atoms with Gasteiger partial charge >= 0.3 is 0 Å².